The molecule has 2 aromatic carbocycles. The highest BCUT2D eigenvalue weighted by Crippen LogP contribution is 2.07. The van der Waals surface area contributed by atoms with Gasteiger partial charge in [0.25, 0.3) is 0 Å². The van der Waals surface area contributed by atoms with E-state index in [0.29, 0.717) is 0 Å². The van der Waals surface area contributed by atoms with Gasteiger partial charge >= 0.3 is 0 Å². The van der Waals surface area contributed by atoms with Crippen molar-refractivity contribution in [3.63, 3.8) is 0 Å². The molecule has 0 saturated carbocycles. The van der Waals surface area contributed by atoms with Crippen LogP contribution in [-0.2, 0) is 6.42 Å². The third-order valence-electron chi connectivity index (χ3n) is 3.88. The first-order valence-corrected chi connectivity index (χ1v) is 9.90. The van der Waals surface area contributed by atoms with Gasteiger partial charge < -0.3 is 5.73 Å². The normalized spacial score (nSPS) is 11.6. The lowest BCUT2D eigenvalue weighted by Crippen LogP contribution is -2.52. The van der Waals surface area contributed by atoms with Gasteiger partial charge in [-0.15, -0.1) is 0 Å². The number of hydrogen-bond donors (Lipinski definition) is 1. The van der Waals surface area contributed by atoms with Gasteiger partial charge in [-0.2, -0.15) is 0 Å². The van der Waals surface area contributed by atoms with Crippen LogP contribution in [0.25, 0.3) is 0 Å². The lowest BCUT2D eigenvalue weighted by atomic mass is 10.2. The Balaban J connectivity index is 2.30. The van der Waals surface area contributed by atoms with Gasteiger partial charge in [0.2, 0.25) is 0 Å². The van der Waals surface area contributed by atoms with Crippen LogP contribution in [-0.4, -0.2) is 14.6 Å². The van der Waals surface area contributed by atoms with Crippen molar-refractivity contribution < 1.29 is 0 Å². The third kappa shape index (κ3) is 3.14. The maximum absolute atomic E-state index is 5.60. The molecule has 100 valence electrons. The molecule has 1 nitrogen and oxygen atoms in total. The molecule has 0 fully saturated rings. The fourth-order valence-electron chi connectivity index (χ4n) is 2.39. The third-order valence-corrected chi connectivity index (χ3v) is 7.44. The van der Waals surface area contributed by atoms with E-state index in [0.717, 1.165) is 13.0 Å². The molecule has 0 aliphatic rings. The van der Waals surface area contributed by atoms with Crippen LogP contribution in [0.3, 0.4) is 0 Å². The minimum absolute atomic E-state index is 0.720. The van der Waals surface area contributed by atoms with E-state index in [-0.39, 0.29) is 0 Å². The molecule has 0 spiro atoms. The highest BCUT2D eigenvalue weighted by Gasteiger charge is 2.25. The standard InChI is InChI=1S/C17H23NSi/c1-14-4-8-16(9-5-14)19(2,3)17-10-6-15(7-11-17)12-13-18/h4-11H,12-13,18H2,1-3H3. The van der Waals surface area contributed by atoms with Crippen molar-refractivity contribution >= 4 is 18.4 Å². The largest absolute Gasteiger partial charge is 0.330 e. The average Bonchev–Trinajstić information content (AvgIpc) is 2.40. The van der Waals surface area contributed by atoms with E-state index in [1.54, 1.807) is 0 Å². The Hall–Kier alpha value is -1.38. The van der Waals surface area contributed by atoms with Crippen molar-refractivity contribution in [3.8, 4) is 0 Å². The zero-order chi connectivity index (χ0) is 13.9. The predicted molar refractivity (Wildman–Crippen MR) is 87.1 cm³/mol. The van der Waals surface area contributed by atoms with Crippen LogP contribution < -0.4 is 16.1 Å². The van der Waals surface area contributed by atoms with Crippen molar-refractivity contribution in [3.05, 3.63) is 59.7 Å². The summed E-state index contributed by atoms with van der Waals surface area (Å²) in [6, 6.07) is 18.0. The fourth-order valence-corrected chi connectivity index (χ4v) is 4.72. The molecule has 0 bridgehead atoms. The molecule has 2 N–H and O–H groups in total. The summed E-state index contributed by atoms with van der Waals surface area (Å²) in [4.78, 5) is 0. The molecular formula is C17H23NSi. The summed E-state index contributed by atoms with van der Waals surface area (Å²) >= 11 is 0. The van der Waals surface area contributed by atoms with Crippen LogP contribution in [0.1, 0.15) is 11.1 Å². The minimum Gasteiger partial charge on any atom is -0.330 e. The summed E-state index contributed by atoms with van der Waals surface area (Å²) in [5.41, 5.74) is 8.26. The van der Waals surface area contributed by atoms with Gasteiger partial charge in [0, 0.05) is 0 Å². The Morgan fingerprint density at radius 1 is 0.842 bits per heavy atom. The number of rotatable bonds is 4. The van der Waals surface area contributed by atoms with E-state index < -0.39 is 8.07 Å². The van der Waals surface area contributed by atoms with Crippen molar-refractivity contribution in [2.45, 2.75) is 26.4 Å². The predicted octanol–water partition coefficient (Wildman–Crippen LogP) is 2.32. The van der Waals surface area contributed by atoms with E-state index in [4.69, 9.17) is 5.73 Å². The fraction of sp³-hybridized carbons (Fsp3) is 0.294. The first kappa shape index (κ1) is 14.0. The second-order valence-electron chi connectivity index (χ2n) is 5.73. The smallest absolute Gasteiger partial charge is 0.112 e. The van der Waals surface area contributed by atoms with Gasteiger partial charge in [0.15, 0.2) is 0 Å². The Morgan fingerprint density at radius 2 is 1.32 bits per heavy atom. The van der Waals surface area contributed by atoms with Gasteiger partial charge in [-0.25, -0.2) is 0 Å². The Kier molecular flexibility index (Phi) is 4.23. The van der Waals surface area contributed by atoms with Crippen LogP contribution in [0.4, 0.5) is 0 Å². The molecule has 0 radical (unpaired) electrons. The van der Waals surface area contributed by atoms with E-state index in [2.05, 4.69) is 68.5 Å². The summed E-state index contributed by atoms with van der Waals surface area (Å²) < 4.78 is 0. The molecule has 2 heteroatoms. The second-order valence-corrected chi connectivity index (χ2v) is 10.1. The lowest BCUT2D eigenvalue weighted by molar-refractivity contribution is 0.969. The molecule has 2 aromatic rings. The van der Waals surface area contributed by atoms with Crippen LogP contribution >= 0.6 is 0 Å². The summed E-state index contributed by atoms with van der Waals surface area (Å²) in [6.45, 7) is 7.68. The van der Waals surface area contributed by atoms with Gasteiger partial charge in [-0.1, -0.05) is 77.6 Å². The molecule has 2 rings (SSSR count). The Labute approximate surface area is 117 Å². The SMILES string of the molecule is Cc1ccc([Si](C)(C)c2ccc(CCN)cc2)cc1. The van der Waals surface area contributed by atoms with E-state index in [9.17, 15) is 0 Å². The molecule has 0 saturated heterocycles. The molecule has 0 unspecified atom stereocenters. The minimum atomic E-state index is -1.56. The lowest BCUT2D eigenvalue weighted by Gasteiger charge is -2.24. The second kappa shape index (κ2) is 5.72. The summed E-state index contributed by atoms with van der Waals surface area (Å²) in [5, 5.41) is 2.97. The summed E-state index contributed by atoms with van der Waals surface area (Å²) in [7, 11) is -1.56. The molecule has 0 amide bonds. The van der Waals surface area contributed by atoms with Crippen molar-refractivity contribution in [1.82, 2.24) is 0 Å². The first-order valence-electron chi connectivity index (χ1n) is 6.90. The monoisotopic (exact) mass is 269 g/mol. The van der Waals surface area contributed by atoms with Gasteiger partial charge in [-0.05, 0) is 25.5 Å². The average molecular weight is 269 g/mol. The van der Waals surface area contributed by atoms with Gasteiger partial charge in [0.05, 0.1) is 0 Å². The van der Waals surface area contributed by atoms with Crippen LogP contribution in [0.5, 0.6) is 0 Å². The van der Waals surface area contributed by atoms with E-state index in [1.807, 2.05) is 0 Å². The molecule has 0 aromatic heterocycles. The van der Waals surface area contributed by atoms with E-state index in [1.165, 1.54) is 21.5 Å². The topological polar surface area (TPSA) is 26.0 Å². The number of benzene rings is 2. The number of aryl methyl sites for hydroxylation is 1. The number of hydrogen-bond acceptors (Lipinski definition) is 1. The highest BCUT2D eigenvalue weighted by atomic mass is 28.3. The summed E-state index contributed by atoms with van der Waals surface area (Å²) in [6.07, 6.45) is 0.965. The molecule has 19 heavy (non-hydrogen) atoms. The molecular weight excluding hydrogens is 246 g/mol. The first-order chi connectivity index (χ1) is 9.04. The van der Waals surface area contributed by atoms with Crippen LogP contribution in [0, 0.1) is 6.92 Å². The molecule has 0 heterocycles. The van der Waals surface area contributed by atoms with Crippen molar-refractivity contribution in [1.29, 1.82) is 0 Å². The maximum Gasteiger partial charge on any atom is 0.112 e. The Morgan fingerprint density at radius 3 is 1.79 bits per heavy atom. The highest BCUT2D eigenvalue weighted by molar-refractivity contribution is 7.00. The molecule has 0 atom stereocenters. The van der Waals surface area contributed by atoms with Gasteiger partial charge in [-0.3, -0.25) is 0 Å². The zero-order valence-electron chi connectivity index (χ0n) is 12.1. The van der Waals surface area contributed by atoms with Crippen LogP contribution in [0.15, 0.2) is 48.5 Å². The summed E-state index contributed by atoms with van der Waals surface area (Å²) in [5.74, 6) is 0. The Bertz CT molecular complexity index is 526. The molecule has 0 aliphatic carbocycles. The maximum atomic E-state index is 5.60. The zero-order valence-corrected chi connectivity index (χ0v) is 13.1. The van der Waals surface area contributed by atoms with Crippen molar-refractivity contribution in [2.75, 3.05) is 6.54 Å². The van der Waals surface area contributed by atoms with E-state index >= 15 is 0 Å². The van der Waals surface area contributed by atoms with Crippen LogP contribution in [0.2, 0.25) is 13.1 Å². The molecule has 0 aliphatic heterocycles. The van der Waals surface area contributed by atoms with Crippen molar-refractivity contribution in [2.24, 2.45) is 5.73 Å². The van der Waals surface area contributed by atoms with Gasteiger partial charge in [0.1, 0.15) is 8.07 Å². The number of nitrogens with two attached hydrogens (primary N) is 1. The quantitative estimate of drug-likeness (QED) is 0.847.